The van der Waals surface area contributed by atoms with Crippen molar-refractivity contribution >= 4 is 38.4 Å². The van der Waals surface area contributed by atoms with E-state index >= 15 is 0 Å². The van der Waals surface area contributed by atoms with E-state index in [1.54, 1.807) is 30.3 Å². The normalized spacial score (nSPS) is 12.3. The highest BCUT2D eigenvalue weighted by Gasteiger charge is 2.10. The number of hydrogen-bond donors (Lipinski definition) is 1. The van der Waals surface area contributed by atoms with Crippen LogP contribution in [-0.4, -0.2) is 27.4 Å². The Balaban J connectivity index is 1.71. The Morgan fingerprint density at radius 1 is 1.25 bits per heavy atom. The van der Waals surface area contributed by atoms with Crippen LogP contribution in [-0.2, 0) is 6.54 Å². The summed E-state index contributed by atoms with van der Waals surface area (Å²) >= 11 is 9.27. The molecule has 3 aromatic rings. The van der Waals surface area contributed by atoms with E-state index in [0.29, 0.717) is 21.7 Å². The van der Waals surface area contributed by atoms with Gasteiger partial charge in [0, 0.05) is 9.50 Å². The number of aromatic nitrogens is 2. The van der Waals surface area contributed by atoms with Crippen molar-refractivity contribution in [3.05, 3.63) is 68.6 Å². The smallest absolute Gasteiger partial charge is 0.261 e. The molecule has 2 aromatic carbocycles. The first-order chi connectivity index (χ1) is 11.5. The van der Waals surface area contributed by atoms with E-state index in [2.05, 4.69) is 20.9 Å². The molecule has 1 atom stereocenters. The summed E-state index contributed by atoms with van der Waals surface area (Å²) in [6, 6.07) is 12.2. The predicted molar refractivity (Wildman–Crippen MR) is 96.7 cm³/mol. The molecular formula is C17H14BrClN2O3. The summed E-state index contributed by atoms with van der Waals surface area (Å²) in [5, 5.41) is 11.0. The molecule has 3 rings (SSSR count). The first kappa shape index (κ1) is 17.0. The fourth-order valence-electron chi connectivity index (χ4n) is 2.26. The molecule has 0 saturated heterocycles. The van der Waals surface area contributed by atoms with Crippen molar-refractivity contribution in [2.45, 2.75) is 12.6 Å². The van der Waals surface area contributed by atoms with E-state index in [9.17, 15) is 9.90 Å². The molecule has 0 saturated carbocycles. The van der Waals surface area contributed by atoms with Gasteiger partial charge in [0.15, 0.2) is 0 Å². The maximum absolute atomic E-state index is 12.4. The van der Waals surface area contributed by atoms with Gasteiger partial charge in [-0.05, 0) is 42.5 Å². The van der Waals surface area contributed by atoms with Gasteiger partial charge in [0.2, 0.25) is 0 Å². The van der Waals surface area contributed by atoms with Crippen LogP contribution in [0.4, 0.5) is 0 Å². The second kappa shape index (κ2) is 7.34. The van der Waals surface area contributed by atoms with Crippen LogP contribution >= 0.6 is 27.5 Å². The quantitative estimate of drug-likeness (QED) is 0.702. The van der Waals surface area contributed by atoms with Crippen molar-refractivity contribution in [1.29, 1.82) is 0 Å². The van der Waals surface area contributed by atoms with Gasteiger partial charge < -0.3 is 9.84 Å². The third kappa shape index (κ3) is 3.95. The standard InChI is InChI=1S/C17H14BrClN2O3/c18-11-1-4-14(5-2-11)24-9-13(22)8-21-10-20-16-6-3-12(19)7-15(16)17(21)23/h1-7,10,13,22H,8-9H2. The fraction of sp³-hybridized carbons (Fsp3) is 0.176. The Kier molecular flexibility index (Phi) is 5.18. The van der Waals surface area contributed by atoms with Gasteiger partial charge in [-0.2, -0.15) is 0 Å². The van der Waals surface area contributed by atoms with Gasteiger partial charge in [-0.25, -0.2) is 4.98 Å². The highest BCUT2D eigenvalue weighted by atomic mass is 79.9. The number of halogens is 2. The van der Waals surface area contributed by atoms with Crippen LogP contribution in [0.25, 0.3) is 10.9 Å². The Morgan fingerprint density at radius 2 is 2.00 bits per heavy atom. The number of fused-ring (bicyclic) bond motifs is 1. The summed E-state index contributed by atoms with van der Waals surface area (Å²) in [5.41, 5.74) is 0.325. The predicted octanol–water partition coefficient (Wildman–Crippen LogP) is 3.25. The number of nitrogens with zero attached hydrogens (tertiary/aromatic N) is 2. The average molecular weight is 410 g/mol. The highest BCUT2D eigenvalue weighted by Crippen LogP contribution is 2.16. The minimum atomic E-state index is -0.843. The molecule has 0 aliphatic heterocycles. The SMILES string of the molecule is O=c1c2cc(Cl)ccc2ncn1CC(O)COc1ccc(Br)cc1. The van der Waals surface area contributed by atoms with Crippen LogP contribution in [0, 0.1) is 0 Å². The Bertz CT molecular complexity index is 912. The van der Waals surface area contributed by atoms with Crippen LogP contribution in [0.3, 0.4) is 0 Å². The second-order valence-corrected chi connectivity index (χ2v) is 6.63. The van der Waals surface area contributed by atoms with Gasteiger partial charge in [-0.15, -0.1) is 0 Å². The zero-order valence-electron chi connectivity index (χ0n) is 12.5. The lowest BCUT2D eigenvalue weighted by Gasteiger charge is -2.14. The van der Waals surface area contributed by atoms with Crippen molar-refractivity contribution in [2.75, 3.05) is 6.61 Å². The molecular weight excluding hydrogens is 396 g/mol. The molecule has 0 amide bonds. The summed E-state index contributed by atoms with van der Waals surface area (Å²) in [7, 11) is 0. The molecule has 5 nitrogen and oxygen atoms in total. The number of aliphatic hydroxyl groups excluding tert-OH is 1. The third-order valence-electron chi connectivity index (χ3n) is 3.45. The summed E-state index contributed by atoms with van der Waals surface area (Å²) in [6.07, 6.45) is 0.575. The summed E-state index contributed by atoms with van der Waals surface area (Å²) < 4.78 is 7.82. The molecule has 0 bridgehead atoms. The van der Waals surface area contributed by atoms with E-state index in [0.717, 1.165) is 4.47 Å². The Hall–Kier alpha value is -1.89. The minimum Gasteiger partial charge on any atom is -0.491 e. The topological polar surface area (TPSA) is 64.4 Å². The monoisotopic (exact) mass is 408 g/mol. The highest BCUT2D eigenvalue weighted by molar-refractivity contribution is 9.10. The largest absolute Gasteiger partial charge is 0.491 e. The summed E-state index contributed by atoms with van der Waals surface area (Å²) in [4.78, 5) is 16.6. The lowest BCUT2D eigenvalue weighted by molar-refractivity contribution is 0.0915. The van der Waals surface area contributed by atoms with Crippen LogP contribution in [0.5, 0.6) is 5.75 Å². The number of aliphatic hydroxyl groups is 1. The number of hydrogen-bond acceptors (Lipinski definition) is 4. The maximum atomic E-state index is 12.4. The lowest BCUT2D eigenvalue weighted by Crippen LogP contribution is -2.30. The summed E-state index contributed by atoms with van der Waals surface area (Å²) in [5.74, 6) is 0.646. The third-order valence-corrected chi connectivity index (χ3v) is 4.21. The van der Waals surface area contributed by atoms with Crippen molar-refractivity contribution in [1.82, 2.24) is 9.55 Å². The van der Waals surface area contributed by atoms with E-state index in [1.807, 2.05) is 12.1 Å². The molecule has 1 heterocycles. The van der Waals surface area contributed by atoms with Crippen molar-refractivity contribution < 1.29 is 9.84 Å². The van der Waals surface area contributed by atoms with Gasteiger partial charge in [-0.1, -0.05) is 27.5 Å². The molecule has 1 aromatic heterocycles. The molecule has 0 radical (unpaired) electrons. The number of rotatable bonds is 5. The zero-order valence-corrected chi connectivity index (χ0v) is 14.9. The van der Waals surface area contributed by atoms with E-state index in [4.69, 9.17) is 16.3 Å². The Labute approximate surface area is 151 Å². The van der Waals surface area contributed by atoms with Crippen molar-refractivity contribution in [2.24, 2.45) is 0 Å². The van der Waals surface area contributed by atoms with E-state index < -0.39 is 6.10 Å². The molecule has 0 fully saturated rings. The second-order valence-electron chi connectivity index (χ2n) is 5.28. The maximum Gasteiger partial charge on any atom is 0.261 e. The first-order valence-corrected chi connectivity index (χ1v) is 8.41. The minimum absolute atomic E-state index is 0.0711. The van der Waals surface area contributed by atoms with Crippen LogP contribution in [0.15, 0.2) is 58.1 Å². The van der Waals surface area contributed by atoms with Gasteiger partial charge in [0.1, 0.15) is 18.5 Å². The molecule has 1 N–H and O–H groups in total. The molecule has 24 heavy (non-hydrogen) atoms. The van der Waals surface area contributed by atoms with E-state index in [-0.39, 0.29) is 18.7 Å². The first-order valence-electron chi connectivity index (χ1n) is 7.24. The average Bonchev–Trinajstić information content (AvgIpc) is 2.57. The van der Waals surface area contributed by atoms with Gasteiger partial charge in [-0.3, -0.25) is 9.36 Å². The number of ether oxygens (including phenoxy) is 1. The van der Waals surface area contributed by atoms with Gasteiger partial charge in [0.05, 0.1) is 23.8 Å². The lowest BCUT2D eigenvalue weighted by atomic mass is 10.2. The molecule has 7 heteroatoms. The summed E-state index contributed by atoms with van der Waals surface area (Å²) in [6.45, 7) is 0.159. The van der Waals surface area contributed by atoms with Gasteiger partial charge >= 0.3 is 0 Å². The molecule has 0 aliphatic rings. The molecule has 1 unspecified atom stereocenters. The molecule has 0 spiro atoms. The van der Waals surface area contributed by atoms with Crippen molar-refractivity contribution in [3.8, 4) is 5.75 Å². The van der Waals surface area contributed by atoms with E-state index in [1.165, 1.54) is 10.9 Å². The molecule has 124 valence electrons. The van der Waals surface area contributed by atoms with Crippen LogP contribution < -0.4 is 10.3 Å². The number of benzene rings is 2. The Morgan fingerprint density at radius 3 is 2.75 bits per heavy atom. The molecule has 0 aliphatic carbocycles. The van der Waals surface area contributed by atoms with Gasteiger partial charge in [0.25, 0.3) is 5.56 Å². The fourth-order valence-corrected chi connectivity index (χ4v) is 2.70. The van der Waals surface area contributed by atoms with Crippen LogP contribution in [0.2, 0.25) is 5.02 Å². The van der Waals surface area contributed by atoms with Crippen LogP contribution in [0.1, 0.15) is 0 Å². The zero-order chi connectivity index (χ0) is 17.1. The van der Waals surface area contributed by atoms with Crippen molar-refractivity contribution in [3.63, 3.8) is 0 Å².